The lowest BCUT2D eigenvalue weighted by molar-refractivity contribution is -0.125. The number of hydrogen-bond acceptors (Lipinski definition) is 5. The highest BCUT2D eigenvalue weighted by atomic mass is 19.4. The van der Waals surface area contributed by atoms with Gasteiger partial charge in [-0.05, 0) is 26.3 Å². The van der Waals surface area contributed by atoms with E-state index in [1.165, 1.54) is 19.2 Å². The van der Waals surface area contributed by atoms with Gasteiger partial charge in [-0.3, -0.25) is 14.9 Å². The molecule has 138 valence electrons. The number of halogens is 3. The number of carbonyl (C=O) groups is 4. The first-order valence-electron chi connectivity index (χ1n) is 6.94. The monoisotopic (exact) mass is 363 g/mol. The maximum Gasteiger partial charge on any atom is 0.405 e. The van der Waals surface area contributed by atoms with Gasteiger partial charge in [-0.25, -0.2) is 9.59 Å². The zero-order chi connectivity index (χ0) is 19.4. The van der Waals surface area contributed by atoms with Crippen molar-refractivity contribution < 1.29 is 37.1 Å². The number of urea groups is 1. The van der Waals surface area contributed by atoms with E-state index in [1.54, 1.807) is 12.2 Å². The van der Waals surface area contributed by atoms with Crippen molar-refractivity contribution in [3.05, 3.63) is 22.5 Å². The second-order valence-corrected chi connectivity index (χ2v) is 5.10. The van der Waals surface area contributed by atoms with Crippen LogP contribution < -0.4 is 10.6 Å². The molecule has 3 N–H and O–H groups in total. The number of H-pyrrole nitrogens is 1. The summed E-state index contributed by atoms with van der Waals surface area (Å²) >= 11 is 0. The van der Waals surface area contributed by atoms with Gasteiger partial charge in [0.15, 0.2) is 12.4 Å². The van der Waals surface area contributed by atoms with Gasteiger partial charge in [-0.2, -0.15) is 13.2 Å². The highest BCUT2D eigenvalue weighted by molar-refractivity contribution is 6.02. The molecule has 1 rings (SSSR count). The molecule has 0 aliphatic heterocycles. The first-order valence-corrected chi connectivity index (χ1v) is 6.94. The third-order valence-electron chi connectivity index (χ3n) is 3.03. The zero-order valence-corrected chi connectivity index (χ0v) is 13.6. The van der Waals surface area contributed by atoms with E-state index in [0.29, 0.717) is 16.8 Å². The number of rotatable bonds is 5. The Hall–Kier alpha value is -2.85. The summed E-state index contributed by atoms with van der Waals surface area (Å²) in [5.41, 5.74) is 1.09. The minimum absolute atomic E-state index is 0.0305. The van der Waals surface area contributed by atoms with Gasteiger partial charge in [-0.1, -0.05) is 0 Å². The number of aryl methyl sites for hydroxylation is 1. The van der Waals surface area contributed by atoms with E-state index in [9.17, 15) is 32.3 Å². The first kappa shape index (κ1) is 20.2. The fraction of sp³-hybridized carbons (Fsp3) is 0.429. The third kappa shape index (κ3) is 5.94. The van der Waals surface area contributed by atoms with Gasteiger partial charge in [0.1, 0.15) is 12.2 Å². The molecule has 0 unspecified atom stereocenters. The van der Waals surface area contributed by atoms with E-state index in [1.807, 2.05) is 0 Å². The Morgan fingerprint density at radius 3 is 2.24 bits per heavy atom. The number of nitrogens with one attached hydrogen (secondary N) is 3. The van der Waals surface area contributed by atoms with Crippen molar-refractivity contribution in [3.63, 3.8) is 0 Å². The van der Waals surface area contributed by atoms with E-state index < -0.39 is 37.2 Å². The summed E-state index contributed by atoms with van der Waals surface area (Å²) in [6.45, 7) is 1.93. The molecule has 0 saturated heterocycles. The van der Waals surface area contributed by atoms with Gasteiger partial charge in [0.25, 0.3) is 5.91 Å². The molecule has 0 radical (unpaired) electrons. The zero-order valence-electron chi connectivity index (χ0n) is 13.6. The number of aromatic nitrogens is 1. The van der Waals surface area contributed by atoms with Gasteiger partial charge < -0.3 is 15.0 Å². The fourth-order valence-corrected chi connectivity index (χ4v) is 2.07. The van der Waals surface area contributed by atoms with Crippen molar-refractivity contribution in [3.8, 4) is 0 Å². The van der Waals surface area contributed by atoms with Crippen LogP contribution in [0.5, 0.6) is 0 Å². The lowest BCUT2D eigenvalue weighted by Crippen LogP contribution is -2.44. The van der Waals surface area contributed by atoms with Crippen LogP contribution in [0, 0.1) is 13.8 Å². The summed E-state index contributed by atoms with van der Waals surface area (Å²) < 4.78 is 40.4. The number of imide groups is 1. The fourth-order valence-electron chi connectivity index (χ4n) is 2.07. The molecule has 0 atom stereocenters. The van der Waals surface area contributed by atoms with Crippen LogP contribution in [0.25, 0.3) is 0 Å². The number of carbonyl (C=O) groups excluding carboxylic acids is 4. The number of aromatic amines is 1. The average Bonchev–Trinajstić information content (AvgIpc) is 2.77. The Labute approximate surface area is 140 Å². The standard InChI is InChI=1S/C14H16F3N3O5/c1-6-10(8(3)21)7(2)19-11(6)12(23)25-4-9(22)20-13(24)18-5-14(15,16)17/h19H,4-5H2,1-3H3,(H2,18,20,22,24). The van der Waals surface area contributed by atoms with Crippen LogP contribution in [0.15, 0.2) is 0 Å². The van der Waals surface area contributed by atoms with Crippen LogP contribution in [0.4, 0.5) is 18.0 Å². The van der Waals surface area contributed by atoms with Crippen LogP contribution in [-0.4, -0.2) is 48.0 Å². The van der Waals surface area contributed by atoms with Gasteiger partial charge >= 0.3 is 18.2 Å². The molecule has 0 bridgehead atoms. The van der Waals surface area contributed by atoms with E-state index >= 15 is 0 Å². The molecule has 1 heterocycles. The molecule has 0 aromatic carbocycles. The maximum atomic E-state index is 11.9. The number of alkyl halides is 3. The normalized spacial score (nSPS) is 11.0. The van der Waals surface area contributed by atoms with Gasteiger partial charge in [-0.15, -0.1) is 0 Å². The molecule has 8 nitrogen and oxygen atoms in total. The average molecular weight is 363 g/mol. The number of amides is 3. The smallest absolute Gasteiger partial charge is 0.405 e. The minimum Gasteiger partial charge on any atom is -0.451 e. The molecule has 1 aromatic heterocycles. The van der Waals surface area contributed by atoms with Crippen molar-refractivity contribution in [2.75, 3.05) is 13.2 Å². The molecule has 0 saturated carbocycles. The van der Waals surface area contributed by atoms with Gasteiger partial charge in [0.2, 0.25) is 0 Å². The second kappa shape index (κ2) is 7.81. The van der Waals surface area contributed by atoms with E-state index in [2.05, 4.69) is 9.72 Å². The van der Waals surface area contributed by atoms with E-state index in [4.69, 9.17) is 0 Å². The molecule has 0 aliphatic carbocycles. The largest absolute Gasteiger partial charge is 0.451 e. The summed E-state index contributed by atoms with van der Waals surface area (Å²) in [4.78, 5) is 48.5. The quantitative estimate of drug-likeness (QED) is 0.540. The highest BCUT2D eigenvalue weighted by Gasteiger charge is 2.28. The number of ether oxygens (including phenoxy) is 1. The minimum atomic E-state index is -4.62. The lowest BCUT2D eigenvalue weighted by atomic mass is 10.1. The Bertz CT molecular complexity index is 709. The van der Waals surface area contributed by atoms with Gasteiger partial charge in [0.05, 0.1) is 0 Å². The maximum absolute atomic E-state index is 11.9. The summed E-state index contributed by atoms with van der Waals surface area (Å²) in [6.07, 6.45) is -4.62. The van der Waals surface area contributed by atoms with Crippen molar-refractivity contribution in [2.45, 2.75) is 26.9 Å². The van der Waals surface area contributed by atoms with E-state index in [-0.39, 0.29) is 11.5 Å². The third-order valence-corrected chi connectivity index (χ3v) is 3.03. The summed E-state index contributed by atoms with van der Waals surface area (Å²) in [5, 5.41) is 3.00. The number of esters is 1. The molecule has 25 heavy (non-hydrogen) atoms. The molecular weight excluding hydrogens is 347 g/mol. The topological polar surface area (TPSA) is 117 Å². The van der Waals surface area contributed by atoms with Crippen LogP contribution in [0.3, 0.4) is 0 Å². The summed E-state index contributed by atoms with van der Waals surface area (Å²) in [7, 11) is 0. The lowest BCUT2D eigenvalue weighted by Gasteiger charge is -2.09. The predicted octanol–water partition coefficient (Wildman–Crippen LogP) is 1.38. The molecule has 0 fully saturated rings. The van der Waals surface area contributed by atoms with E-state index in [0.717, 1.165) is 0 Å². The molecular formula is C14H16F3N3O5. The molecule has 0 spiro atoms. The highest BCUT2D eigenvalue weighted by Crippen LogP contribution is 2.19. The van der Waals surface area contributed by atoms with Crippen molar-refractivity contribution in [2.24, 2.45) is 0 Å². The van der Waals surface area contributed by atoms with Crippen molar-refractivity contribution >= 4 is 23.7 Å². The summed E-state index contributed by atoms with van der Waals surface area (Å²) in [6, 6.07) is -1.37. The van der Waals surface area contributed by atoms with Crippen LogP contribution >= 0.6 is 0 Å². The molecule has 1 aromatic rings. The van der Waals surface area contributed by atoms with Gasteiger partial charge in [0, 0.05) is 11.3 Å². The van der Waals surface area contributed by atoms with Crippen molar-refractivity contribution in [1.82, 2.24) is 15.6 Å². The Morgan fingerprint density at radius 1 is 1.16 bits per heavy atom. The number of ketones is 1. The SMILES string of the molecule is CC(=O)c1c(C)[nH]c(C(=O)OCC(=O)NC(=O)NCC(F)(F)F)c1C. The predicted molar refractivity (Wildman–Crippen MR) is 78.2 cm³/mol. The number of Topliss-reactive ketones (excluding diaryl/α,β-unsaturated/α-hetero) is 1. The van der Waals surface area contributed by atoms with Crippen LogP contribution in [-0.2, 0) is 9.53 Å². The molecule has 3 amide bonds. The number of hydrogen-bond donors (Lipinski definition) is 3. The first-order chi connectivity index (χ1) is 11.4. The second-order valence-electron chi connectivity index (χ2n) is 5.10. The molecule has 11 heteroatoms. The Kier molecular flexibility index (Phi) is 6.31. The Morgan fingerprint density at radius 2 is 1.76 bits per heavy atom. The van der Waals surface area contributed by atoms with Crippen LogP contribution in [0.1, 0.15) is 39.0 Å². The molecule has 0 aliphatic rings. The van der Waals surface area contributed by atoms with Crippen LogP contribution in [0.2, 0.25) is 0 Å². The van der Waals surface area contributed by atoms with Crippen molar-refractivity contribution in [1.29, 1.82) is 0 Å². The summed E-state index contributed by atoms with van der Waals surface area (Å²) in [5.74, 6) is -2.32. The Balaban J connectivity index is 2.57.